The standard InChI is InChI=1S/C15H12F2N2/c1-10-4-2-3-5-12(10)9-19-13-7-6-11(8-18)14(16)15(13)17/h2-7,19H,9H2,1H3. The van der Waals surface area contributed by atoms with E-state index in [0.29, 0.717) is 6.54 Å². The van der Waals surface area contributed by atoms with Gasteiger partial charge in [0.1, 0.15) is 6.07 Å². The fourth-order valence-corrected chi connectivity index (χ4v) is 1.77. The average molecular weight is 258 g/mol. The van der Waals surface area contributed by atoms with E-state index in [9.17, 15) is 8.78 Å². The summed E-state index contributed by atoms with van der Waals surface area (Å²) < 4.78 is 27.1. The van der Waals surface area contributed by atoms with E-state index >= 15 is 0 Å². The van der Waals surface area contributed by atoms with Crippen LogP contribution in [0.25, 0.3) is 0 Å². The molecule has 96 valence electrons. The molecule has 0 saturated heterocycles. The molecule has 0 aliphatic carbocycles. The Morgan fingerprint density at radius 1 is 1.11 bits per heavy atom. The van der Waals surface area contributed by atoms with Gasteiger partial charge in [-0.15, -0.1) is 0 Å². The minimum Gasteiger partial charge on any atom is -0.378 e. The molecule has 0 unspecified atom stereocenters. The molecule has 0 aliphatic heterocycles. The number of nitriles is 1. The van der Waals surface area contributed by atoms with Crippen LogP contribution in [-0.4, -0.2) is 0 Å². The van der Waals surface area contributed by atoms with Crippen molar-refractivity contribution < 1.29 is 8.78 Å². The van der Waals surface area contributed by atoms with Crippen LogP contribution < -0.4 is 5.32 Å². The molecule has 2 aromatic carbocycles. The largest absolute Gasteiger partial charge is 0.378 e. The maximum Gasteiger partial charge on any atom is 0.183 e. The van der Waals surface area contributed by atoms with Crippen molar-refractivity contribution in [3.8, 4) is 6.07 Å². The van der Waals surface area contributed by atoms with E-state index in [1.807, 2.05) is 31.2 Å². The van der Waals surface area contributed by atoms with Crippen molar-refractivity contribution in [3.63, 3.8) is 0 Å². The van der Waals surface area contributed by atoms with Crippen molar-refractivity contribution in [1.29, 1.82) is 5.26 Å². The van der Waals surface area contributed by atoms with Gasteiger partial charge in [-0.05, 0) is 30.2 Å². The molecule has 0 saturated carbocycles. The number of aryl methyl sites for hydroxylation is 1. The second-order valence-corrected chi connectivity index (χ2v) is 4.18. The van der Waals surface area contributed by atoms with Gasteiger partial charge >= 0.3 is 0 Å². The predicted molar refractivity (Wildman–Crippen MR) is 69.6 cm³/mol. The Morgan fingerprint density at radius 3 is 2.53 bits per heavy atom. The number of anilines is 1. The Labute approximate surface area is 110 Å². The van der Waals surface area contributed by atoms with Crippen molar-refractivity contribution in [2.24, 2.45) is 0 Å². The van der Waals surface area contributed by atoms with Gasteiger partial charge in [0.15, 0.2) is 11.6 Å². The molecule has 2 rings (SSSR count). The topological polar surface area (TPSA) is 35.8 Å². The van der Waals surface area contributed by atoms with Crippen molar-refractivity contribution >= 4 is 5.69 Å². The summed E-state index contributed by atoms with van der Waals surface area (Å²) in [6.45, 7) is 2.35. The second kappa shape index (κ2) is 5.49. The normalized spacial score (nSPS) is 10.0. The van der Waals surface area contributed by atoms with E-state index < -0.39 is 11.6 Å². The summed E-state index contributed by atoms with van der Waals surface area (Å²) in [6, 6.07) is 11.9. The van der Waals surface area contributed by atoms with E-state index in [2.05, 4.69) is 5.32 Å². The first kappa shape index (κ1) is 13.0. The molecule has 2 aromatic rings. The lowest BCUT2D eigenvalue weighted by atomic mass is 10.1. The minimum atomic E-state index is -1.11. The van der Waals surface area contributed by atoms with Gasteiger partial charge in [0, 0.05) is 6.54 Å². The average Bonchev–Trinajstić information content (AvgIpc) is 2.42. The Kier molecular flexibility index (Phi) is 3.76. The SMILES string of the molecule is Cc1ccccc1CNc1ccc(C#N)c(F)c1F. The summed E-state index contributed by atoms with van der Waals surface area (Å²) in [7, 11) is 0. The predicted octanol–water partition coefficient (Wildman–Crippen LogP) is 3.76. The Bertz CT molecular complexity index is 645. The Balaban J connectivity index is 2.20. The van der Waals surface area contributed by atoms with Crippen LogP contribution in [0, 0.1) is 29.9 Å². The number of nitrogens with one attached hydrogen (secondary N) is 1. The molecule has 0 aromatic heterocycles. The third kappa shape index (κ3) is 2.71. The van der Waals surface area contributed by atoms with Gasteiger partial charge in [-0.25, -0.2) is 8.78 Å². The first-order valence-electron chi connectivity index (χ1n) is 5.80. The van der Waals surface area contributed by atoms with E-state index in [1.165, 1.54) is 12.1 Å². The summed E-state index contributed by atoms with van der Waals surface area (Å²) in [5.41, 5.74) is 1.84. The first-order chi connectivity index (χ1) is 9.13. The highest BCUT2D eigenvalue weighted by Gasteiger charge is 2.12. The van der Waals surface area contributed by atoms with E-state index in [4.69, 9.17) is 5.26 Å². The quantitative estimate of drug-likeness (QED) is 0.909. The van der Waals surface area contributed by atoms with Gasteiger partial charge in [0.2, 0.25) is 0 Å². The zero-order chi connectivity index (χ0) is 13.8. The zero-order valence-electron chi connectivity index (χ0n) is 10.4. The third-order valence-electron chi connectivity index (χ3n) is 2.93. The molecule has 4 heteroatoms. The highest BCUT2D eigenvalue weighted by atomic mass is 19.2. The molecular weight excluding hydrogens is 246 g/mol. The molecule has 2 nitrogen and oxygen atoms in total. The van der Waals surface area contributed by atoms with Gasteiger partial charge in [0.25, 0.3) is 0 Å². The Hall–Kier alpha value is -2.41. The van der Waals surface area contributed by atoms with E-state index in [-0.39, 0.29) is 11.3 Å². The zero-order valence-corrected chi connectivity index (χ0v) is 10.4. The fraction of sp³-hybridized carbons (Fsp3) is 0.133. The lowest BCUT2D eigenvalue weighted by molar-refractivity contribution is 0.508. The van der Waals surface area contributed by atoms with Crippen molar-refractivity contribution in [3.05, 3.63) is 64.7 Å². The molecule has 0 spiro atoms. The van der Waals surface area contributed by atoms with Gasteiger partial charge in [0.05, 0.1) is 11.3 Å². The lowest BCUT2D eigenvalue weighted by Gasteiger charge is -2.10. The monoisotopic (exact) mass is 258 g/mol. The minimum absolute atomic E-state index is 0.0553. The maximum atomic E-state index is 13.7. The smallest absolute Gasteiger partial charge is 0.183 e. The first-order valence-corrected chi connectivity index (χ1v) is 5.80. The van der Waals surface area contributed by atoms with Crippen molar-refractivity contribution in [2.45, 2.75) is 13.5 Å². The molecule has 0 bridgehead atoms. The van der Waals surface area contributed by atoms with E-state index in [0.717, 1.165) is 11.1 Å². The highest BCUT2D eigenvalue weighted by Crippen LogP contribution is 2.21. The van der Waals surface area contributed by atoms with Crippen LogP contribution in [-0.2, 0) is 6.54 Å². The Morgan fingerprint density at radius 2 is 1.84 bits per heavy atom. The number of hydrogen-bond acceptors (Lipinski definition) is 2. The van der Waals surface area contributed by atoms with Crippen molar-refractivity contribution in [1.82, 2.24) is 0 Å². The van der Waals surface area contributed by atoms with Gasteiger partial charge in [-0.2, -0.15) is 5.26 Å². The molecule has 0 amide bonds. The maximum absolute atomic E-state index is 13.7. The number of benzene rings is 2. The van der Waals surface area contributed by atoms with Crippen LogP contribution in [0.15, 0.2) is 36.4 Å². The molecule has 1 N–H and O–H groups in total. The van der Waals surface area contributed by atoms with Gasteiger partial charge in [-0.3, -0.25) is 0 Å². The third-order valence-corrected chi connectivity index (χ3v) is 2.93. The molecular formula is C15H12F2N2. The lowest BCUT2D eigenvalue weighted by Crippen LogP contribution is -2.04. The molecule has 0 radical (unpaired) electrons. The molecule has 19 heavy (non-hydrogen) atoms. The van der Waals surface area contributed by atoms with Crippen LogP contribution in [0.3, 0.4) is 0 Å². The summed E-state index contributed by atoms with van der Waals surface area (Å²) >= 11 is 0. The van der Waals surface area contributed by atoms with Crippen LogP contribution in [0.5, 0.6) is 0 Å². The summed E-state index contributed by atoms with van der Waals surface area (Å²) in [5, 5.41) is 11.4. The van der Waals surface area contributed by atoms with Crippen LogP contribution >= 0.6 is 0 Å². The molecule has 0 heterocycles. The number of rotatable bonds is 3. The summed E-state index contributed by atoms with van der Waals surface area (Å²) in [6.07, 6.45) is 0. The van der Waals surface area contributed by atoms with Crippen LogP contribution in [0.4, 0.5) is 14.5 Å². The van der Waals surface area contributed by atoms with Crippen LogP contribution in [0.2, 0.25) is 0 Å². The van der Waals surface area contributed by atoms with Crippen molar-refractivity contribution in [2.75, 3.05) is 5.32 Å². The fourth-order valence-electron chi connectivity index (χ4n) is 1.77. The summed E-state index contributed by atoms with van der Waals surface area (Å²) in [5.74, 6) is -2.13. The highest BCUT2D eigenvalue weighted by molar-refractivity contribution is 5.50. The number of halogens is 2. The van der Waals surface area contributed by atoms with Gasteiger partial charge in [-0.1, -0.05) is 24.3 Å². The van der Waals surface area contributed by atoms with Gasteiger partial charge < -0.3 is 5.32 Å². The summed E-state index contributed by atoms with van der Waals surface area (Å²) in [4.78, 5) is 0. The molecule has 0 atom stereocenters. The number of nitrogens with zero attached hydrogens (tertiary/aromatic N) is 1. The number of hydrogen-bond donors (Lipinski definition) is 1. The van der Waals surface area contributed by atoms with Crippen LogP contribution in [0.1, 0.15) is 16.7 Å². The van der Waals surface area contributed by atoms with E-state index in [1.54, 1.807) is 6.07 Å². The second-order valence-electron chi connectivity index (χ2n) is 4.18. The molecule has 0 aliphatic rings. The molecule has 0 fully saturated rings.